The van der Waals surface area contributed by atoms with E-state index in [1.54, 1.807) is 31.3 Å². The number of aliphatic hydroxyl groups excluding tert-OH is 1. The van der Waals surface area contributed by atoms with Crippen molar-refractivity contribution in [3.8, 4) is 11.1 Å². The van der Waals surface area contributed by atoms with Crippen LogP contribution in [0.1, 0.15) is 44.8 Å². The molecule has 4 aromatic carbocycles. The summed E-state index contributed by atoms with van der Waals surface area (Å²) in [4.78, 5) is 27.3. The first-order valence-electron chi connectivity index (χ1n) is 15.7. The van der Waals surface area contributed by atoms with Crippen molar-refractivity contribution in [2.45, 2.75) is 38.1 Å². The number of aromatic nitrogens is 2. The summed E-state index contributed by atoms with van der Waals surface area (Å²) in [5.74, 6) is -2.10. The van der Waals surface area contributed by atoms with Crippen LogP contribution in [0.4, 0.5) is 14.5 Å². The monoisotopic (exact) mass is 701 g/mol. The summed E-state index contributed by atoms with van der Waals surface area (Å²) in [6.07, 6.45) is 3.14. The summed E-state index contributed by atoms with van der Waals surface area (Å²) in [5, 5.41) is 21.4. The third kappa shape index (κ3) is 8.98. The van der Waals surface area contributed by atoms with Crippen molar-refractivity contribution < 1.29 is 31.9 Å². The zero-order chi connectivity index (χ0) is 36.0. The molecule has 260 valence electrons. The number of hydrogen-bond acceptors (Lipinski definition) is 6. The van der Waals surface area contributed by atoms with E-state index in [0.717, 1.165) is 16.1 Å². The Balaban J connectivity index is 1.42. The maximum absolute atomic E-state index is 14.4. The summed E-state index contributed by atoms with van der Waals surface area (Å²) < 4.78 is 55.2. The second-order valence-corrected chi connectivity index (χ2v) is 14.0. The number of carbonyl (C=O) groups is 2. The van der Waals surface area contributed by atoms with Crippen LogP contribution in [0.5, 0.6) is 0 Å². The maximum Gasteiger partial charge on any atom is 0.251 e. The van der Waals surface area contributed by atoms with Crippen LogP contribution < -0.4 is 14.9 Å². The van der Waals surface area contributed by atoms with Crippen molar-refractivity contribution in [1.29, 1.82) is 0 Å². The number of carbonyl (C=O) groups excluding carboxylic acids is 2. The molecule has 5 aromatic rings. The van der Waals surface area contributed by atoms with Gasteiger partial charge in [0.1, 0.15) is 11.6 Å². The first kappa shape index (κ1) is 35.9. The van der Waals surface area contributed by atoms with E-state index in [1.807, 2.05) is 30.3 Å². The molecular formula is C37H37F2N5O5S. The van der Waals surface area contributed by atoms with Crippen molar-refractivity contribution in [3.05, 3.63) is 143 Å². The highest BCUT2D eigenvalue weighted by atomic mass is 32.2. The molecule has 3 atom stereocenters. The van der Waals surface area contributed by atoms with E-state index in [2.05, 4.69) is 15.7 Å². The average Bonchev–Trinajstić information content (AvgIpc) is 3.55. The number of benzene rings is 4. The van der Waals surface area contributed by atoms with E-state index < -0.39 is 51.7 Å². The number of amides is 2. The van der Waals surface area contributed by atoms with Crippen LogP contribution in [0.15, 0.2) is 109 Å². The van der Waals surface area contributed by atoms with Gasteiger partial charge in [-0.2, -0.15) is 5.10 Å². The number of hydrogen-bond donors (Lipinski definition) is 3. The van der Waals surface area contributed by atoms with Gasteiger partial charge in [-0.05, 0) is 60.9 Å². The lowest BCUT2D eigenvalue weighted by atomic mass is 10.00. The second kappa shape index (κ2) is 15.4. The SMILES string of the molecule is C[C@@H](NC(=O)c1cc(C(=O)N[C@@H](Cc2ccccc2)[C@@H](O)Cn2cc(-c3ccccc3F)cn2)cc(N(C)S(C)(=O)=O)c1)c1ccc(F)cc1. The predicted octanol–water partition coefficient (Wildman–Crippen LogP) is 5.12. The molecule has 0 aliphatic rings. The smallest absolute Gasteiger partial charge is 0.251 e. The Morgan fingerprint density at radius 2 is 1.52 bits per heavy atom. The van der Waals surface area contributed by atoms with Gasteiger partial charge in [-0.3, -0.25) is 18.6 Å². The standard InChI is InChI=1S/C37H37F2N5O5S/c1-24(26-13-15-30(38)16-14-26)41-36(46)27-18-28(20-31(19-27)43(2)50(3,48)49)37(47)42-34(17-25-9-5-4-6-10-25)35(45)23-44-22-29(21-40-44)32-11-7-8-12-33(32)39/h4-16,18-22,24,34-35,45H,17,23H2,1-3H3,(H,41,46)(H,42,47)/t24-,34+,35+/m1/s1. The Labute approximate surface area is 289 Å². The molecule has 5 rings (SSSR count). The van der Waals surface area contributed by atoms with E-state index >= 15 is 0 Å². The molecule has 0 saturated carbocycles. The summed E-state index contributed by atoms with van der Waals surface area (Å²) in [6.45, 7) is 1.66. The molecule has 0 aliphatic heterocycles. The summed E-state index contributed by atoms with van der Waals surface area (Å²) >= 11 is 0. The van der Waals surface area contributed by atoms with Crippen molar-refractivity contribution in [1.82, 2.24) is 20.4 Å². The minimum Gasteiger partial charge on any atom is -0.389 e. The summed E-state index contributed by atoms with van der Waals surface area (Å²) in [7, 11) is -2.48. The highest BCUT2D eigenvalue weighted by Gasteiger charge is 2.26. The minimum absolute atomic E-state index is 0.00878. The molecule has 2 amide bonds. The minimum atomic E-state index is -3.78. The number of aliphatic hydroxyl groups is 1. The Morgan fingerprint density at radius 3 is 2.16 bits per heavy atom. The van der Waals surface area contributed by atoms with E-state index in [4.69, 9.17) is 0 Å². The summed E-state index contributed by atoms with van der Waals surface area (Å²) in [6, 6.07) is 23.7. The van der Waals surface area contributed by atoms with E-state index in [-0.39, 0.29) is 29.8 Å². The first-order valence-corrected chi connectivity index (χ1v) is 17.6. The van der Waals surface area contributed by atoms with Gasteiger partial charge < -0.3 is 15.7 Å². The Kier molecular flexibility index (Phi) is 11.1. The highest BCUT2D eigenvalue weighted by molar-refractivity contribution is 7.92. The Hall–Kier alpha value is -5.40. The van der Waals surface area contributed by atoms with Gasteiger partial charge >= 0.3 is 0 Å². The molecule has 13 heteroatoms. The van der Waals surface area contributed by atoms with Gasteiger partial charge in [0.05, 0.1) is 42.9 Å². The second-order valence-electron chi connectivity index (χ2n) is 12.0. The fraction of sp³-hybridized carbons (Fsp3) is 0.216. The number of anilines is 1. The van der Waals surface area contributed by atoms with Crippen LogP contribution in [-0.2, 0) is 23.0 Å². The van der Waals surface area contributed by atoms with Crippen LogP contribution in [0.3, 0.4) is 0 Å². The number of halogens is 2. The summed E-state index contributed by atoms with van der Waals surface area (Å²) in [5.41, 5.74) is 2.39. The Bertz CT molecular complexity index is 2070. The number of sulfonamides is 1. The fourth-order valence-electron chi connectivity index (χ4n) is 5.38. The van der Waals surface area contributed by atoms with Gasteiger partial charge in [0.25, 0.3) is 11.8 Å². The third-order valence-electron chi connectivity index (χ3n) is 8.29. The largest absolute Gasteiger partial charge is 0.389 e. The topological polar surface area (TPSA) is 134 Å². The molecular weight excluding hydrogens is 665 g/mol. The maximum atomic E-state index is 14.4. The predicted molar refractivity (Wildman–Crippen MR) is 187 cm³/mol. The van der Waals surface area contributed by atoms with Crippen LogP contribution in [0.25, 0.3) is 11.1 Å². The van der Waals surface area contributed by atoms with Gasteiger partial charge in [-0.1, -0.05) is 60.7 Å². The van der Waals surface area contributed by atoms with Crippen LogP contribution >= 0.6 is 0 Å². The molecule has 0 saturated heterocycles. The van der Waals surface area contributed by atoms with Gasteiger partial charge in [0, 0.05) is 35.5 Å². The number of nitrogens with one attached hydrogen (secondary N) is 2. The Morgan fingerprint density at radius 1 is 0.900 bits per heavy atom. The van der Waals surface area contributed by atoms with Gasteiger partial charge in [0.15, 0.2) is 0 Å². The number of nitrogens with zero attached hydrogens (tertiary/aromatic N) is 3. The normalized spacial score (nSPS) is 13.2. The first-order chi connectivity index (χ1) is 23.8. The van der Waals surface area contributed by atoms with Crippen molar-refractivity contribution in [2.24, 2.45) is 0 Å². The lowest BCUT2D eigenvalue weighted by Gasteiger charge is -2.25. The average molecular weight is 702 g/mol. The van der Waals surface area contributed by atoms with E-state index in [0.29, 0.717) is 16.7 Å². The molecule has 0 bridgehead atoms. The quantitative estimate of drug-likeness (QED) is 0.156. The van der Waals surface area contributed by atoms with Crippen molar-refractivity contribution in [3.63, 3.8) is 0 Å². The van der Waals surface area contributed by atoms with Crippen molar-refractivity contribution in [2.75, 3.05) is 17.6 Å². The van der Waals surface area contributed by atoms with E-state index in [9.17, 15) is 31.9 Å². The molecule has 0 spiro atoms. The third-order valence-corrected chi connectivity index (χ3v) is 9.50. The molecule has 0 unspecified atom stereocenters. The molecule has 0 fully saturated rings. The fourth-order valence-corrected chi connectivity index (χ4v) is 5.87. The zero-order valence-electron chi connectivity index (χ0n) is 27.6. The molecule has 10 nitrogen and oxygen atoms in total. The van der Waals surface area contributed by atoms with Crippen molar-refractivity contribution >= 4 is 27.5 Å². The molecule has 3 N–H and O–H groups in total. The van der Waals surface area contributed by atoms with Gasteiger partial charge in [-0.25, -0.2) is 17.2 Å². The molecule has 1 heterocycles. The van der Waals surface area contributed by atoms with Crippen LogP contribution in [-0.4, -0.2) is 60.6 Å². The van der Waals surface area contributed by atoms with E-state index in [1.165, 1.54) is 66.5 Å². The lowest BCUT2D eigenvalue weighted by molar-refractivity contribution is 0.0780. The zero-order valence-corrected chi connectivity index (χ0v) is 28.4. The highest BCUT2D eigenvalue weighted by Crippen LogP contribution is 2.24. The lowest BCUT2D eigenvalue weighted by Crippen LogP contribution is -2.46. The van der Waals surface area contributed by atoms with Gasteiger partial charge in [-0.15, -0.1) is 0 Å². The molecule has 0 aliphatic carbocycles. The molecule has 1 aromatic heterocycles. The van der Waals surface area contributed by atoms with Crippen LogP contribution in [0, 0.1) is 11.6 Å². The number of rotatable bonds is 13. The van der Waals surface area contributed by atoms with Gasteiger partial charge in [0.2, 0.25) is 10.0 Å². The van der Waals surface area contributed by atoms with Crippen LogP contribution in [0.2, 0.25) is 0 Å². The molecule has 50 heavy (non-hydrogen) atoms. The molecule has 0 radical (unpaired) electrons.